The number of aryl methyl sites for hydroxylation is 1. The largest absolute Gasteiger partial charge is 0.480 e. The number of aromatic nitrogens is 4. The highest BCUT2D eigenvalue weighted by Crippen LogP contribution is 2.10. The maximum atomic E-state index is 12.3. The van der Waals surface area contributed by atoms with E-state index in [4.69, 9.17) is 5.11 Å². The van der Waals surface area contributed by atoms with E-state index in [1.54, 1.807) is 13.0 Å². The maximum Gasteiger partial charge on any atom is 0.326 e. The van der Waals surface area contributed by atoms with E-state index in [0.717, 1.165) is 4.90 Å². The number of hydrogen-bond donors (Lipinski definition) is 2. The van der Waals surface area contributed by atoms with E-state index < -0.39 is 23.5 Å². The lowest BCUT2D eigenvalue weighted by atomic mass is 10.1. The Morgan fingerprint density at radius 3 is 2.50 bits per heavy atom. The van der Waals surface area contributed by atoms with Crippen LogP contribution in [0.1, 0.15) is 18.2 Å². The lowest BCUT2D eigenvalue weighted by Crippen LogP contribution is -2.41. The molecular formula is C15H17N5O4. The van der Waals surface area contributed by atoms with Gasteiger partial charge >= 0.3 is 5.97 Å². The Bertz CT molecular complexity index is 818. The van der Waals surface area contributed by atoms with Crippen LogP contribution in [0.4, 0.5) is 0 Å². The van der Waals surface area contributed by atoms with Crippen LogP contribution in [0.2, 0.25) is 0 Å². The quantitative estimate of drug-likeness (QED) is 0.789. The summed E-state index contributed by atoms with van der Waals surface area (Å²) in [7, 11) is 1.38. The molecule has 0 aliphatic carbocycles. The SMILES string of the molecule is Cc1nc(-c2ncccn2)[nH]c(=O)c1CC(=O)N(C)C(C)C(=O)O. The number of nitrogens with one attached hydrogen (secondary N) is 1. The van der Waals surface area contributed by atoms with E-state index in [1.807, 2.05) is 0 Å². The van der Waals surface area contributed by atoms with Crippen LogP contribution in [-0.4, -0.2) is 54.9 Å². The number of aliphatic carboxylic acids is 1. The number of carbonyl (C=O) groups is 2. The van der Waals surface area contributed by atoms with Crippen LogP contribution in [-0.2, 0) is 16.0 Å². The Morgan fingerprint density at radius 1 is 1.33 bits per heavy atom. The predicted octanol–water partition coefficient (Wildman–Crippen LogP) is 0.00932. The van der Waals surface area contributed by atoms with Crippen molar-refractivity contribution >= 4 is 11.9 Å². The molecule has 24 heavy (non-hydrogen) atoms. The summed E-state index contributed by atoms with van der Waals surface area (Å²) in [5.74, 6) is -1.12. The molecule has 2 rings (SSSR count). The molecule has 0 saturated heterocycles. The zero-order valence-corrected chi connectivity index (χ0v) is 13.5. The second-order valence-electron chi connectivity index (χ2n) is 5.25. The molecule has 2 aromatic rings. The fourth-order valence-electron chi connectivity index (χ4n) is 2.00. The van der Waals surface area contributed by atoms with Crippen LogP contribution in [0.25, 0.3) is 11.6 Å². The monoisotopic (exact) mass is 331 g/mol. The van der Waals surface area contributed by atoms with E-state index in [2.05, 4.69) is 19.9 Å². The highest BCUT2D eigenvalue weighted by molar-refractivity contribution is 5.84. The van der Waals surface area contributed by atoms with Crippen molar-refractivity contribution in [2.75, 3.05) is 7.05 Å². The van der Waals surface area contributed by atoms with Crippen LogP contribution in [0.3, 0.4) is 0 Å². The van der Waals surface area contributed by atoms with Crippen molar-refractivity contribution < 1.29 is 14.7 Å². The Morgan fingerprint density at radius 2 is 1.96 bits per heavy atom. The average Bonchev–Trinajstić information content (AvgIpc) is 2.57. The topological polar surface area (TPSA) is 129 Å². The van der Waals surface area contributed by atoms with Gasteiger partial charge in [-0.2, -0.15) is 0 Å². The summed E-state index contributed by atoms with van der Waals surface area (Å²) in [5.41, 5.74) is 0.0738. The number of hydrogen-bond acceptors (Lipinski definition) is 6. The Labute approximate surface area is 137 Å². The molecule has 2 heterocycles. The number of H-pyrrole nitrogens is 1. The van der Waals surface area contributed by atoms with Gasteiger partial charge < -0.3 is 15.0 Å². The van der Waals surface area contributed by atoms with E-state index in [9.17, 15) is 14.4 Å². The number of carboxylic acids is 1. The minimum atomic E-state index is -1.12. The van der Waals surface area contributed by atoms with Gasteiger partial charge in [-0.25, -0.2) is 19.7 Å². The van der Waals surface area contributed by atoms with Crippen LogP contribution < -0.4 is 5.56 Å². The molecule has 2 N–H and O–H groups in total. The van der Waals surface area contributed by atoms with Gasteiger partial charge in [0, 0.05) is 30.7 Å². The van der Waals surface area contributed by atoms with Gasteiger partial charge in [-0.3, -0.25) is 9.59 Å². The fraction of sp³-hybridized carbons (Fsp3) is 0.333. The first kappa shape index (κ1) is 17.3. The molecule has 0 saturated carbocycles. The second-order valence-corrected chi connectivity index (χ2v) is 5.25. The van der Waals surface area contributed by atoms with Crippen molar-refractivity contribution in [1.29, 1.82) is 0 Å². The van der Waals surface area contributed by atoms with Gasteiger partial charge in [0.05, 0.1) is 6.42 Å². The van der Waals surface area contributed by atoms with Crippen LogP contribution >= 0.6 is 0 Å². The number of nitrogens with zero attached hydrogens (tertiary/aromatic N) is 4. The zero-order chi connectivity index (χ0) is 17.9. The van der Waals surface area contributed by atoms with Crippen molar-refractivity contribution in [3.05, 3.63) is 40.1 Å². The van der Waals surface area contributed by atoms with Crippen molar-refractivity contribution in [3.63, 3.8) is 0 Å². The summed E-state index contributed by atoms with van der Waals surface area (Å²) in [6, 6.07) is 0.655. The molecule has 0 radical (unpaired) electrons. The van der Waals surface area contributed by atoms with Gasteiger partial charge in [-0.05, 0) is 19.9 Å². The van der Waals surface area contributed by atoms with E-state index in [-0.39, 0.29) is 23.6 Å². The second kappa shape index (κ2) is 6.99. The molecule has 1 atom stereocenters. The summed E-state index contributed by atoms with van der Waals surface area (Å²) in [6.07, 6.45) is 2.81. The first-order valence-corrected chi connectivity index (χ1v) is 7.17. The molecule has 9 nitrogen and oxygen atoms in total. The third-order valence-corrected chi connectivity index (χ3v) is 3.66. The summed E-state index contributed by atoms with van der Waals surface area (Å²) >= 11 is 0. The van der Waals surface area contributed by atoms with Crippen molar-refractivity contribution in [2.45, 2.75) is 26.3 Å². The van der Waals surface area contributed by atoms with Gasteiger partial charge in [-0.1, -0.05) is 0 Å². The first-order valence-electron chi connectivity index (χ1n) is 7.17. The minimum absolute atomic E-state index is 0.184. The minimum Gasteiger partial charge on any atom is -0.480 e. The van der Waals surface area contributed by atoms with Gasteiger partial charge in [-0.15, -0.1) is 0 Å². The van der Waals surface area contributed by atoms with Crippen LogP contribution in [0.15, 0.2) is 23.3 Å². The molecular weight excluding hydrogens is 314 g/mol. The molecule has 9 heteroatoms. The number of carbonyl (C=O) groups excluding carboxylic acids is 1. The summed E-state index contributed by atoms with van der Waals surface area (Å²) in [6.45, 7) is 3.00. The third kappa shape index (κ3) is 3.62. The molecule has 1 amide bonds. The van der Waals surface area contributed by atoms with Gasteiger partial charge in [0.2, 0.25) is 5.91 Å². The molecule has 0 bridgehead atoms. The van der Waals surface area contributed by atoms with Crippen LogP contribution in [0, 0.1) is 6.92 Å². The maximum absolute atomic E-state index is 12.3. The highest BCUT2D eigenvalue weighted by Gasteiger charge is 2.23. The van der Waals surface area contributed by atoms with Crippen molar-refractivity contribution in [3.8, 4) is 11.6 Å². The Hall–Kier alpha value is -3.10. The van der Waals surface area contributed by atoms with E-state index in [1.165, 1.54) is 26.4 Å². The Balaban J connectivity index is 2.28. The molecule has 2 aromatic heterocycles. The summed E-state index contributed by atoms with van der Waals surface area (Å²) in [4.78, 5) is 51.3. The third-order valence-electron chi connectivity index (χ3n) is 3.66. The smallest absolute Gasteiger partial charge is 0.326 e. The molecule has 0 aromatic carbocycles. The Kier molecular flexibility index (Phi) is 5.02. The summed E-state index contributed by atoms with van der Waals surface area (Å²) < 4.78 is 0. The molecule has 0 spiro atoms. The zero-order valence-electron chi connectivity index (χ0n) is 13.5. The number of aromatic amines is 1. The van der Waals surface area contributed by atoms with Gasteiger partial charge in [0.15, 0.2) is 11.6 Å². The normalized spacial score (nSPS) is 11.8. The average molecular weight is 331 g/mol. The van der Waals surface area contributed by atoms with Gasteiger partial charge in [0.25, 0.3) is 5.56 Å². The number of likely N-dealkylation sites (N-methyl/N-ethyl adjacent to an activating group) is 1. The molecule has 1 unspecified atom stereocenters. The molecule has 0 aliphatic heterocycles. The molecule has 0 aliphatic rings. The van der Waals surface area contributed by atoms with Gasteiger partial charge in [0.1, 0.15) is 6.04 Å². The van der Waals surface area contributed by atoms with E-state index in [0.29, 0.717) is 5.69 Å². The lowest BCUT2D eigenvalue weighted by molar-refractivity contribution is -0.148. The number of amides is 1. The van der Waals surface area contributed by atoms with Crippen molar-refractivity contribution in [2.24, 2.45) is 0 Å². The molecule has 0 fully saturated rings. The fourth-order valence-corrected chi connectivity index (χ4v) is 2.00. The standard InChI is InChI=1S/C15H17N5O4/c1-8-10(7-11(21)20(3)9(2)15(23)24)14(22)19-13(18-8)12-16-5-4-6-17-12/h4-6,9H,7H2,1-3H3,(H,23,24)(H,18,19,22). The van der Waals surface area contributed by atoms with E-state index >= 15 is 0 Å². The molecule has 126 valence electrons. The highest BCUT2D eigenvalue weighted by atomic mass is 16.4. The number of rotatable bonds is 5. The first-order chi connectivity index (χ1) is 11.3. The summed E-state index contributed by atoms with van der Waals surface area (Å²) in [5, 5.41) is 8.95. The lowest BCUT2D eigenvalue weighted by Gasteiger charge is -2.21. The number of carboxylic acid groups (broad SMARTS) is 1. The van der Waals surface area contributed by atoms with Crippen molar-refractivity contribution in [1.82, 2.24) is 24.8 Å². The van der Waals surface area contributed by atoms with Crippen LogP contribution in [0.5, 0.6) is 0 Å². The predicted molar refractivity (Wildman–Crippen MR) is 84.2 cm³/mol.